The van der Waals surface area contributed by atoms with Gasteiger partial charge in [-0.15, -0.1) is 0 Å². The lowest BCUT2D eigenvalue weighted by Crippen LogP contribution is -2.46. The number of nitrogens with one attached hydrogen (secondary N) is 2. The molecule has 1 atom stereocenters. The van der Waals surface area contributed by atoms with Crippen LogP contribution in [0.15, 0.2) is 54.7 Å². The van der Waals surface area contributed by atoms with Crippen LogP contribution in [0.3, 0.4) is 0 Å². The van der Waals surface area contributed by atoms with Crippen LogP contribution in [-0.2, 0) is 9.59 Å². The summed E-state index contributed by atoms with van der Waals surface area (Å²) in [4.78, 5) is 59.2. The summed E-state index contributed by atoms with van der Waals surface area (Å²) in [5.74, 6) is -2.04. The summed E-state index contributed by atoms with van der Waals surface area (Å²) in [6.07, 6.45) is 2.76. The standard InChI is InChI=1S/C30H31Cl2N5O5/c1-3-36(4-2)26(39)17-37-13-5-6-22(30(37)42)18-7-9-19(10-8-18)28(40)35-27-23(14-21(32)15-24(27)38)29(41)34-25-12-11-20(31)16-33-25/h7-12,14-16,22,38H,3-6,13,17H2,1-2H3,(H,35,40)(H,33,34,41). The van der Waals surface area contributed by atoms with Gasteiger partial charge in [0.2, 0.25) is 11.8 Å². The minimum absolute atomic E-state index is 0.0477. The number of amides is 4. The summed E-state index contributed by atoms with van der Waals surface area (Å²) in [5.41, 5.74) is 0.779. The molecule has 220 valence electrons. The van der Waals surface area contributed by atoms with E-state index >= 15 is 0 Å². The predicted octanol–water partition coefficient (Wildman–Crippen LogP) is 5.17. The molecule has 10 nitrogen and oxygen atoms in total. The quantitative estimate of drug-likeness (QED) is 0.286. The molecule has 0 bridgehead atoms. The molecule has 0 radical (unpaired) electrons. The number of likely N-dealkylation sites (tertiary alicyclic amines) is 1. The fourth-order valence-corrected chi connectivity index (χ4v) is 5.16. The number of aromatic hydroxyl groups is 1. The van der Waals surface area contributed by atoms with Crippen molar-refractivity contribution in [3.05, 3.63) is 81.5 Å². The molecule has 12 heteroatoms. The number of anilines is 2. The van der Waals surface area contributed by atoms with Crippen LogP contribution >= 0.6 is 23.2 Å². The average molecular weight is 613 g/mol. The van der Waals surface area contributed by atoms with E-state index in [-0.39, 0.29) is 46.0 Å². The molecule has 3 N–H and O–H groups in total. The Hall–Kier alpha value is -4.15. The third-order valence-electron chi connectivity index (χ3n) is 7.08. The number of halogens is 2. The van der Waals surface area contributed by atoms with E-state index in [9.17, 15) is 24.3 Å². The van der Waals surface area contributed by atoms with E-state index in [2.05, 4.69) is 15.6 Å². The molecular weight excluding hydrogens is 581 g/mol. The van der Waals surface area contributed by atoms with Gasteiger partial charge in [0.25, 0.3) is 11.8 Å². The molecule has 1 unspecified atom stereocenters. The Balaban J connectivity index is 1.48. The van der Waals surface area contributed by atoms with Gasteiger partial charge in [0, 0.05) is 42.5 Å². The van der Waals surface area contributed by atoms with Gasteiger partial charge in [-0.2, -0.15) is 0 Å². The van der Waals surface area contributed by atoms with Gasteiger partial charge < -0.3 is 25.5 Å². The second-order valence-corrected chi connectivity index (χ2v) is 10.6. The Bertz CT molecular complexity index is 1480. The van der Waals surface area contributed by atoms with Gasteiger partial charge in [0.15, 0.2) is 0 Å². The molecular formula is C30H31Cl2N5O5. The van der Waals surface area contributed by atoms with Crippen LogP contribution in [0.2, 0.25) is 10.0 Å². The number of hydrogen-bond acceptors (Lipinski definition) is 6. The first-order chi connectivity index (χ1) is 20.1. The van der Waals surface area contributed by atoms with Crippen molar-refractivity contribution < 1.29 is 24.3 Å². The fraction of sp³-hybridized carbons (Fsp3) is 0.300. The minimum Gasteiger partial charge on any atom is -0.506 e. The number of benzene rings is 2. The van der Waals surface area contributed by atoms with Crippen LogP contribution in [0, 0.1) is 0 Å². The van der Waals surface area contributed by atoms with E-state index in [1.807, 2.05) is 13.8 Å². The van der Waals surface area contributed by atoms with Gasteiger partial charge in [-0.3, -0.25) is 19.2 Å². The maximum atomic E-state index is 13.2. The maximum absolute atomic E-state index is 13.2. The maximum Gasteiger partial charge on any atom is 0.259 e. The Morgan fingerprint density at radius 3 is 2.36 bits per heavy atom. The van der Waals surface area contributed by atoms with Gasteiger partial charge in [0.05, 0.1) is 28.7 Å². The second-order valence-electron chi connectivity index (χ2n) is 9.76. The van der Waals surface area contributed by atoms with Crippen LogP contribution in [0.5, 0.6) is 5.75 Å². The molecule has 2 aromatic carbocycles. The Kier molecular flexibility index (Phi) is 10.0. The summed E-state index contributed by atoms with van der Waals surface area (Å²) < 4.78 is 0. The van der Waals surface area contributed by atoms with Gasteiger partial charge >= 0.3 is 0 Å². The number of hydrogen-bond donors (Lipinski definition) is 3. The van der Waals surface area contributed by atoms with Crippen molar-refractivity contribution in [2.45, 2.75) is 32.6 Å². The number of carbonyl (C=O) groups is 4. The summed E-state index contributed by atoms with van der Waals surface area (Å²) in [5, 5.41) is 16.2. The van der Waals surface area contributed by atoms with E-state index in [0.29, 0.717) is 31.1 Å². The zero-order chi connectivity index (χ0) is 30.4. The Labute approximate surface area is 253 Å². The number of pyridine rings is 1. The van der Waals surface area contributed by atoms with Crippen molar-refractivity contribution in [1.29, 1.82) is 0 Å². The molecule has 1 saturated heterocycles. The zero-order valence-electron chi connectivity index (χ0n) is 23.2. The number of aromatic nitrogens is 1. The smallest absolute Gasteiger partial charge is 0.259 e. The van der Waals surface area contributed by atoms with E-state index < -0.39 is 23.5 Å². The molecule has 4 amide bonds. The first kappa shape index (κ1) is 30.8. The molecule has 3 aromatic rings. The SMILES string of the molecule is CCN(CC)C(=O)CN1CCCC(c2ccc(C(=O)Nc3c(O)cc(Cl)cc3C(=O)Nc3ccc(Cl)cn3)cc2)C1=O. The van der Waals surface area contributed by atoms with E-state index in [1.54, 1.807) is 40.1 Å². The van der Waals surface area contributed by atoms with Crippen LogP contribution in [-0.4, -0.2) is 69.7 Å². The highest BCUT2D eigenvalue weighted by Crippen LogP contribution is 2.33. The lowest BCUT2D eigenvalue weighted by molar-refractivity contribution is -0.142. The minimum atomic E-state index is -0.659. The lowest BCUT2D eigenvalue weighted by atomic mass is 9.89. The number of likely N-dealkylation sites (N-methyl/N-ethyl adjacent to an activating group) is 1. The normalized spacial score (nSPS) is 14.8. The summed E-state index contributed by atoms with van der Waals surface area (Å²) in [6, 6.07) is 12.1. The highest BCUT2D eigenvalue weighted by molar-refractivity contribution is 6.32. The molecule has 0 aliphatic carbocycles. The number of nitrogens with zero attached hydrogens (tertiary/aromatic N) is 3. The molecule has 0 spiro atoms. The van der Waals surface area contributed by atoms with Crippen molar-refractivity contribution in [3.63, 3.8) is 0 Å². The molecule has 1 aliphatic heterocycles. The van der Waals surface area contributed by atoms with Gasteiger partial charge in [0.1, 0.15) is 11.6 Å². The highest BCUT2D eigenvalue weighted by Gasteiger charge is 2.32. The highest BCUT2D eigenvalue weighted by atomic mass is 35.5. The van der Waals surface area contributed by atoms with Crippen molar-refractivity contribution in [1.82, 2.24) is 14.8 Å². The average Bonchev–Trinajstić information content (AvgIpc) is 2.97. The van der Waals surface area contributed by atoms with Crippen LogP contribution in [0.25, 0.3) is 0 Å². The molecule has 1 fully saturated rings. The fourth-order valence-electron chi connectivity index (χ4n) is 4.83. The Morgan fingerprint density at radius 2 is 1.71 bits per heavy atom. The van der Waals surface area contributed by atoms with Gasteiger partial charge in [-0.1, -0.05) is 35.3 Å². The van der Waals surface area contributed by atoms with E-state index in [4.69, 9.17) is 23.2 Å². The van der Waals surface area contributed by atoms with E-state index in [0.717, 1.165) is 12.0 Å². The number of phenolic OH excluding ortho intramolecular Hbond substituents is 1. The lowest BCUT2D eigenvalue weighted by Gasteiger charge is -2.33. The largest absolute Gasteiger partial charge is 0.506 e. The summed E-state index contributed by atoms with van der Waals surface area (Å²) in [6.45, 7) is 5.56. The molecule has 4 rings (SSSR count). The van der Waals surface area contributed by atoms with Crippen LogP contribution < -0.4 is 10.6 Å². The van der Waals surface area contributed by atoms with E-state index in [1.165, 1.54) is 24.4 Å². The molecule has 0 saturated carbocycles. The predicted molar refractivity (Wildman–Crippen MR) is 161 cm³/mol. The number of rotatable bonds is 9. The molecule has 1 aromatic heterocycles. The number of piperidine rings is 1. The third-order valence-corrected chi connectivity index (χ3v) is 7.52. The van der Waals surface area contributed by atoms with Crippen molar-refractivity contribution in [2.24, 2.45) is 0 Å². The Morgan fingerprint density at radius 1 is 1.00 bits per heavy atom. The first-order valence-electron chi connectivity index (χ1n) is 13.5. The number of carbonyl (C=O) groups excluding carboxylic acids is 4. The molecule has 2 heterocycles. The molecule has 42 heavy (non-hydrogen) atoms. The summed E-state index contributed by atoms with van der Waals surface area (Å²) >= 11 is 11.9. The number of phenols is 1. The second kappa shape index (κ2) is 13.7. The monoisotopic (exact) mass is 611 g/mol. The van der Waals surface area contributed by atoms with Crippen molar-refractivity contribution in [3.8, 4) is 5.75 Å². The zero-order valence-corrected chi connectivity index (χ0v) is 24.7. The van der Waals surface area contributed by atoms with Crippen LogP contribution in [0.1, 0.15) is 58.9 Å². The van der Waals surface area contributed by atoms with Gasteiger partial charge in [-0.05, 0) is 62.6 Å². The van der Waals surface area contributed by atoms with Crippen molar-refractivity contribution in [2.75, 3.05) is 36.8 Å². The first-order valence-corrected chi connectivity index (χ1v) is 14.3. The summed E-state index contributed by atoms with van der Waals surface area (Å²) in [7, 11) is 0. The van der Waals surface area contributed by atoms with Crippen molar-refractivity contribution >= 4 is 58.3 Å². The van der Waals surface area contributed by atoms with Crippen LogP contribution in [0.4, 0.5) is 11.5 Å². The third kappa shape index (κ3) is 7.18. The van der Waals surface area contributed by atoms with Gasteiger partial charge in [-0.25, -0.2) is 4.98 Å². The topological polar surface area (TPSA) is 132 Å². The molecule has 1 aliphatic rings.